The average molecular weight is 431 g/mol. The van der Waals surface area contributed by atoms with Crippen molar-refractivity contribution < 1.29 is 13.9 Å². The number of likely N-dealkylation sites (N-methyl/N-ethyl adjacent to an activating group) is 1. The van der Waals surface area contributed by atoms with Crippen LogP contribution >= 0.6 is 11.6 Å². The Kier molecular flexibility index (Phi) is 6.20. The van der Waals surface area contributed by atoms with Crippen LogP contribution in [-0.2, 0) is 0 Å². The van der Waals surface area contributed by atoms with Crippen LogP contribution < -0.4 is 14.8 Å². The highest BCUT2D eigenvalue weighted by Gasteiger charge is 2.20. The molecule has 4 rings (SSSR count). The zero-order chi connectivity index (χ0) is 21.1. The number of benzene rings is 2. The third-order valence-electron chi connectivity index (χ3n) is 5.46. The molecule has 6 nitrogen and oxygen atoms in total. The van der Waals surface area contributed by atoms with E-state index in [1.165, 1.54) is 25.2 Å². The molecule has 8 heteroatoms. The van der Waals surface area contributed by atoms with Gasteiger partial charge in [0.25, 0.3) is 0 Å². The van der Waals surface area contributed by atoms with Gasteiger partial charge in [0.05, 0.1) is 18.3 Å². The summed E-state index contributed by atoms with van der Waals surface area (Å²) in [4.78, 5) is 11.0. The van der Waals surface area contributed by atoms with Gasteiger partial charge in [-0.2, -0.15) is 0 Å². The van der Waals surface area contributed by atoms with Gasteiger partial charge in [-0.25, -0.2) is 14.4 Å². The van der Waals surface area contributed by atoms with Crippen LogP contribution in [0.15, 0.2) is 36.7 Å². The number of methoxy groups -OCH3 is 1. The first-order valence-electron chi connectivity index (χ1n) is 9.93. The molecule has 1 saturated heterocycles. The molecule has 1 N–H and O–H groups in total. The van der Waals surface area contributed by atoms with E-state index in [0.29, 0.717) is 45.9 Å². The van der Waals surface area contributed by atoms with Crippen LogP contribution in [0.4, 0.5) is 15.9 Å². The molecule has 0 radical (unpaired) electrons. The van der Waals surface area contributed by atoms with Gasteiger partial charge in [0.2, 0.25) is 0 Å². The summed E-state index contributed by atoms with van der Waals surface area (Å²) < 4.78 is 25.9. The molecule has 1 fully saturated rings. The van der Waals surface area contributed by atoms with Crippen molar-refractivity contribution in [3.8, 4) is 11.5 Å². The molecule has 158 valence electrons. The van der Waals surface area contributed by atoms with Gasteiger partial charge in [0, 0.05) is 22.5 Å². The lowest BCUT2D eigenvalue weighted by Gasteiger charge is -2.32. The SMILES string of the molecule is COc1cc2c(Nc3ccc(Cl)cc3F)ncnc2cc1OCC1CCCCN1C. The summed E-state index contributed by atoms with van der Waals surface area (Å²) >= 11 is 5.84. The number of ether oxygens (including phenoxy) is 2. The summed E-state index contributed by atoms with van der Waals surface area (Å²) in [6.07, 6.45) is 5.00. The van der Waals surface area contributed by atoms with Crippen LogP contribution in [0.3, 0.4) is 0 Å². The van der Waals surface area contributed by atoms with Crippen molar-refractivity contribution in [3.05, 3.63) is 47.5 Å². The van der Waals surface area contributed by atoms with Gasteiger partial charge in [-0.3, -0.25) is 0 Å². The fourth-order valence-corrected chi connectivity index (χ4v) is 3.85. The first-order valence-corrected chi connectivity index (χ1v) is 10.3. The summed E-state index contributed by atoms with van der Waals surface area (Å²) in [6, 6.07) is 8.47. The van der Waals surface area contributed by atoms with Crippen molar-refractivity contribution in [2.75, 3.05) is 32.6 Å². The predicted molar refractivity (Wildman–Crippen MR) is 117 cm³/mol. The second-order valence-electron chi connectivity index (χ2n) is 7.43. The normalized spacial score (nSPS) is 17.1. The number of aromatic nitrogens is 2. The van der Waals surface area contributed by atoms with Crippen molar-refractivity contribution >= 4 is 34.0 Å². The van der Waals surface area contributed by atoms with E-state index in [1.807, 2.05) is 12.1 Å². The molecule has 3 aromatic rings. The van der Waals surface area contributed by atoms with Crippen molar-refractivity contribution in [3.63, 3.8) is 0 Å². The van der Waals surface area contributed by atoms with E-state index in [1.54, 1.807) is 19.2 Å². The highest BCUT2D eigenvalue weighted by Crippen LogP contribution is 2.35. The Morgan fingerprint density at radius 2 is 2.07 bits per heavy atom. The minimum Gasteiger partial charge on any atom is -0.493 e. The molecule has 0 aliphatic carbocycles. The van der Waals surface area contributed by atoms with Gasteiger partial charge in [-0.1, -0.05) is 18.0 Å². The molecule has 0 bridgehead atoms. The monoisotopic (exact) mass is 430 g/mol. The van der Waals surface area contributed by atoms with Gasteiger partial charge in [-0.15, -0.1) is 0 Å². The third kappa shape index (κ3) is 4.42. The Bertz CT molecular complexity index is 1050. The van der Waals surface area contributed by atoms with Crippen LogP contribution in [0, 0.1) is 5.82 Å². The van der Waals surface area contributed by atoms with E-state index < -0.39 is 5.82 Å². The molecule has 0 saturated carbocycles. The second kappa shape index (κ2) is 9.02. The van der Waals surface area contributed by atoms with Gasteiger partial charge >= 0.3 is 0 Å². The highest BCUT2D eigenvalue weighted by molar-refractivity contribution is 6.30. The van der Waals surface area contributed by atoms with Gasteiger partial charge in [0.1, 0.15) is 24.6 Å². The summed E-state index contributed by atoms with van der Waals surface area (Å²) in [5, 5.41) is 4.05. The number of rotatable bonds is 6. The number of nitrogens with zero attached hydrogens (tertiary/aromatic N) is 3. The molecule has 1 unspecified atom stereocenters. The van der Waals surface area contributed by atoms with Gasteiger partial charge < -0.3 is 19.7 Å². The fourth-order valence-electron chi connectivity index (χ4n) is 3.70. The van der Waals surface area contributed by atoms with Crippen molar-refractivity contribution in [2.45, 2.75) is 25.3 Å². The summed E-state index contributed by atoms with van der Waals surface area (Å²) in [5.41, 5.74) is 0.952. The maximum absolute atomic E-state index is 14.2. The number of piperidine rings is 1. The first-order chi connectivity index (χ1) is 14.5. The number of halogens is 2. The lowest BCUT2D eigenvalue weighted by atomic mass is 10.0. The Labute approximate surface area is 180 Å². The lowest BCUT2D eigenvalue weighted by molar-refractivity contribution is 0.123. The van der Waals surface area contributed by atoms with Crippen LogP contribution in [0.5, 0.6) is 11.5 Å². The molecule has 1 aromatic heterocycles. The number of likely N-dealkylation sites (tertiary alicyclic amines) is 1. The zero-order valence-electron chi connectivity index (χ0n) is 17.0. The number of nitrogens with one attached hydrogen (secondary N) is 1. The first kappa shape index (κ1) is 20.6. The number of fused-ring (bicyclic) bond motifs is 1. The van der Waals surface area contributed by atoms with E-state index in [9.17, 15) is 4.39 Å². The standard InChI is InChI=1S/C22H24ClFN4O2/c1-28-8-4-3-5-15(28)12-30-21-11-19-16(10-20(21)29-2)22(26-13-25-19)27-18-7-6-14(23)9-17(18)24/h6-7,9-11,13,15H,3-5,8,12H2,1-2H3,(H,25,26,27). The topological polar surface area (TPSA) is 59.5 Å². The van der Waals surface area contributed by atoms with Gasteiger partial charge in [0.15, 0.2) is 11.5 Å². The Balaban J connectivity index is 1.61. The second-order valence-corrected chi connectivity index (χ2v) is 7.87. The maximum atomic E-state index is 14.2. The largest absolute Gasteiger partial charge is 0.493 e. The molecular formula is C22H24ClFN4O2. The van der Waals surface area contributed by atoms with E-state index >= 15 is 0 Å². The summed E-state index contributed by atoms with van der Waals surface area (Å²) in [7, 11) is 3.72. The van der Waals surface area contributed by atoms with Crippen molar-refractivity contribution in [1.29, 1.82) is 0 Å². The molecule has 0 spiro atoms. The van der Waals surface area contributed by atoms with Crippen molar-refractivity contribution in [1.82, 2.24) is 14.9 Å². The smallest absolute Gasteiger partial charge is 0.163 e. The van der Waals surface area contributed by atoms with Crippen LogP contribution in [0.2, 0.25) is 5.02 Å². The van der Waals surface area contributed by atoms with Gasteiger partial charge in [-0.05, 0) is 50.7 Å². The van der Waals surface area contributed by atoms with Crippen LogP contribution in [0.1, 0.15) is 19.3 Å². The number of hydrogen-bond donors (Lipinski definition) is 1. The Morgan fingerprint density at radius 1 is 1.20 bits per heavy atom. The molecule has 1 aliphatic heterocycles. The average Bonchev–Trinajstić information content (AvgIpc) is 2.74. The molecule has 1 atom stereocenters. The van der Waals surface area contributed by atoms with E-state index in [0.717, 1.165) is 13.0 Å². The Hall–Kier alpha value is -2.64. The summed E-state index contributed by atoms with van der Waals surface area (Å²) in [6.45, 7) is 1.68. The minimum absolute atomic E-state index is 0.277. The molecular weight excluding hydrogens is 407 g/mol. The van der Waals surface area contributed by atoms with E-state index in [2.05, 4.69) is 27.2 Å². The Morgan fingerprint density at radius 3 is 2.83 bits per heavy atom. The zero-order valence-corrected chi connectivity index (χ0v) is 17.7. The van der Waals surface area contributed by atoms with Crippen LogP contribution in [0.25, 0.3) is 10.9 Å². The minimum atomic E-state index is -0.460. The molecule has 2 aromatic carbocycles. The highest BCUT2D eigenvalue weighted by atomic mass is 35.5. The number of hydrogen-bond acceptors (Lipinski definition) is 6. The predicted octanol–water partition coefficient (Wildman–Crippen LogP) is 5.04. The molecule has 0 amide bonds. The lowest BCUT2D eigenvalue weighted by Crippen LogP contribution is -2.40. The van der Waals surface area contributed by atoms with Crippen molar-refractivity contribution in [2.24, 2.45) is 0 Å². The van der Waals surface area contributed by atoms with Crippen LogP contribution in [-0.4, -0.2) is 48.2 Å². The fraction of sp³-hybridized carbons (Fsp3) is 0.364. The van der Waals surface area contributed by atoms with E-state index in [-0.39, 0.29) is 5.69 Å². The maximum Gasteiger partial charge on any atom is 0.163 e. The van der Waals surface area contributed by atoms with E-state index in [4.69, 9.17) is 21.1 Å². The molecule has 30 heavy (non-hydrogen) atoms. The quantitative estimate of drug-likeness (QED) is 0.591. The number of anilines is 2. The third-order valence-corrected chi connectivity index (χ3v) is 5.69. The summed E-state index contributed by atoms with van der Waals surface area (Å²) in [5.74, 6) is 1.22. The molecule has 2 heterocycles. The molecule has 1 aliphatic rings.